The summed E-state index contributed by atoms with van der Waals surface area (Å²) in [5.41, 5.74) is 4.70. The average molecular weight is 753 g/mol. The third-order valence-corrected chi connectivity index (χ3v) is 10.8. The molecule has 6 rings (SSSR count). The highest BCUT2D eigenvalue weighted by Crippen LogP contribution is 2.43. The lowest BCUT2D eigenvalue weighted by Gasteiger charge is -2.34. The van der Waals surface area contributed by atoms with E-state index < -0.39 is 23.6 Å². The summed E-state index contributed by atoms with van der Waals surface area (Å²) in [5.74, 6) is -0.965. The molecule has 4 aromatic rings. The number of hydrogen-bond donors (Lipinski definition) is 3. The van der Waals surface area contributed by atoms with Gasteiger partial charge in [-0.2, -0.15) is 0 Å². The van der Waals surface area contributed by atoms with Crippen LogP contribution in [0.15, 0.2) is 53.9 Å². The number of alkyl carbamates (subject to hydrolysis) is 1. The molecule has 0 unspecified atom stereocenters. The summed E-state index contributed by atoms with van der Waals surface area (Å²) in [6, 6.07) is 14.3. The van der Waals surface area contributed by atoms with Crippen molar-refractivity contribution in [2.24, 2.45) is 5.41 Å². The highest BCUT2D eigenvalue weighted by molar-refractivity contribution is 7.13. The van der Waals surface area contributed by atoms with Crippen LogP contribution in [0.2, 0.25) is 0 Å². The summed E-state index contributed by atoms with van der Waals surface area (Å²) in [4.78, 5) is 58.9. The van der Waals surface area contributed by atoms with E-state index in [9.17, 15) is 19.2 Å². The van der Waals surface area contributed by atoms with Gasteiger partial charge in [0.2, 0.25) is 0 Å². The number of carbonyl (C=O) groups excluding carboxylic acids is 4. The van der Waals surface area contributed by atoms with Gasteiger partial charge in [-0.25, -0.2) is 14.6 Å². The number of aryl methyl sites for hydroxylation is 1. The zero-order valence-electron chi connectivity index (χ0n) is 31.9. The first-order valence-corrected chi connectivity index (χ1v) is 19.1. The van der Waals surface area contributed by atoms with Gasteiger partial charge in [0.15, 0.2) is 5.69 Å². The lowest BCUT2D eigenvalue weighted by molar-refractivity contribution is 0.0522. The van der Waals surface area contributed by atoms with E-state index in [1.165, 1.54) is 7.11 Å². The van der Waals surface area contributed by atoms with E-state index in [4.69, 9.17) is 14.2 Å². The van der Waals surface area contributed by atoms with Crippen LogP contribution in [-0.2, 0) is 22.4 Å². The Balaban J connectivity index is 1.34. The Morgan fingerprint density at radius 3 is 2.43 bits per heavy atom. The van der Waals surface area contributed by atoms with E-state index in [0.717, 1.165) is 52.8 Å². The van der Waals surface area contributed by atoms with Gasteiger partial charge in [-0.3, -0.25) is 9.59 Å². The Bertz CT molecular complexity index is 2090. The summed E-state index contributed by atoms with van der Waals surface area (Å²) in [5, 5.41) is 10.9. The minimum atomic E-state index is -0.742. The molecule has 2 aliphatic rings. The number of rotatable bonds is 8. The van der Waals surface area contributed by atoms with Crippen LogP contribution in [0.4, 0.5) is 10.5 Å². The molecule has 3 heterocycles. The quantitative estimate of drug-likeness (QED) is 0.152. The molecular formula is C42H48N4O7S. The number of ether oxygens (including phenoxy) is 3. The van der Waals surface area contributed by atoms with Gasteiger partial charge >= 0.3 is 12.1 Å². The number of nitrogens with zero attached hydrogens (tertiary/aromatic N) is 1. The Labute approximate surface area is 320 Å². The van der Waals surface area contributed by atoms with E-state index >= 15 is 0 Å². The zero-order chi connectivity index (χ0) is 38.8. The molecule has 2 aromatic carbocycles. The normalized spacial score (nSPS) is 15.1. The molecule has 12 heteroatoms. The lowest BCUT2D eigenvalue weighted by atomic mass is 9.75. The topological polar surface area (TPSA) is 145 Å². The number of anilines is 1. The van der Waals surface area contributed by atoms with E-state index in [1.54, 1.807) is 62.4 Å². The Morgan fingerprint density at radius 1 is 0.963 bits per heavy atom. The van der Waals surface area contributed by atoms with Crippen LogP contribution >= 0.6 is 11.3 Å². The molecule has 284 valence electrons. The molecule has 1 saturated carbocycles. The number of carbonyl (C=O) groups is 4. The van der Waals surface area contributed by atoms with Crippen LogP contribution in [0.3, 0.4) is 0 Å². The van der Waals surface area contributed by atoms with Crippen molar-refractivity contribution in [2.45, 2.75) is 91.8 Å². The fraction of sp³-hybridized carbons (Fsp3) is 0.405. The van der Waals surface area contributed by atoms with E-state index in [2.05, 4.69) is 40.8 Å². The van der Waals surface area contributed by atoms with Crippen LogP contribution in [0.25, 0.3) is 21.6 Å². The van der Waals surface area contributed by atoms with Crippen LogP contribution in [0.1, 0.15) is 108 Å². The van der Waals surface area contributed by atoms with Crippen molar-refractivity contribution >= 4 is 40.9 Å². The third kappa shape index (κ3) is 8.93. The van der Waals surface area contributed by atoms with Gasteiger partial charge in [-0.1, -0.05) is 26.0 Å². The first-order chi connectivity index (χ1) is 25.6. The summed E-state index contributed by atoms with van der Waals surface area (Å²) >= 11 is 1.57. The summed E-state index contributed by atoms with van der Waals surface area (Å²) < 4.78 is 16.7. The van der Waals surface area contributed by atoms with Gasteiger partial charge in [-0.05, 0) is 117 Å². The van der Waals surface area contributed by atoms with Gasteiger partial charge in [-0.15, -0.1) is 11.3 Å². The fourth-order valence-electron chi connectivity index (χ4n) is 6.84. The molecule has 11 nitrogen and oxygen atoms in total. The van der Waals surface area contributed by atoms with Crippen molar-refractivity contribution in [1.82, 2.24) is 15.6 Å². The number of fused-ring (bicyclic) bond motifs is 3. The number of pyridine rings is 1. The first kappa shape index (κ1) is 38.5. The molecule has 1 fully saturated rings. The minimum absolute atomic E-state index is 0.0199. The SMILES string of the molecule is COC(=O)c1nc(C(=O)NC2CCC(C)(C)CC2)ccc1-c1cc2c(cc1C(=O)Nc1ccc(CNC(=O)OC(C)(C)C)cc1C)-c1sccc1CCO2. The number of benzene rings is 2. The zero-order valence-corrected chi connectivity index (χ0v) is 32.8. The van der Waals surface area contributed by atoms with Crippen LogP contribution in [0.5, 0.6) is 5.75 Å². The summed E-state index contributed by atoms with van der Waals surface area (Å²) in [7, 11) is 1.26. The number of aromatic nitrogens is 1. The second-order valence-corrected chi connectivity index (χ2v) is 16.6. The number of nitrogens with one attached hydrogen (secondary N) is 3. The molecule has 1 aliphatic heterocycles. The third-order valence-electron chi connectivity index (χ3n) is 9.83. The predicted molar refractivity (Wildman–Crippen MR) is 209 cm³/mol. The van der Waals surface area contributed by atoms with Gasteiger partial charge < -0.3 is 30.2 Å². The fourth-order valence-corrected chi connectivity index (χ4v) is 7.82. The van der Waals surface area contributed by atoms with Gasteiger partial charge in [0.1, 0.15) is 17.0 Å². The Kier molecular flexibility index (Phi) is 11.1. The van der Waals surface area contributed by atoms with Crippen molar-refractivity contribution in [3.63, 3.8) is 0 Å². The van der Waals surface area contributed by atoms with Gasteiger partial charge in [0.05, 0.1) is 13.7 Å². The molecule has 0 radical (unpaired) electrons. The van der Waals surface area contributed by atoms with Crippen molar-refractivity contribution in [3.8, 4) is 27.3 Å². The van der Waals surface area contributed by atoms with Crippen LogP contribution in [0, 0.1) is 12.3 Å². The van der Waals surface area contributed by atoms with Crippen molar-refractivity contribution in [2.75, 3.05) is 19.0 Å². The summed E-state index contributed by atoms with van der Waals surface area (Å²) in [6.07, 6.45) is 3.93. The van der Waals surface area contributed by atoms with Crippen molar-refractivity contribution in [1.29, 1.82) is 0 Å². The molecular weight excluding hydrogens is 705 g/mol. The number of amides is 3. The smallest absolute Gasteiger partial charge is 0.407 e. The molecule has 0 bridgehead atoms. The molecule has 3 amide bonds. The molecule has 1 aliphatic carbocycles. The Hall–Kier alpha value is -5.23. The van der Waals surface area contributed by atoms with Crippen LogP contribution < -0.4 is 20.7 Å². The maximum absolute atomic E-state index is 14.4. The molecule has 0 saturated heterocycles. The van der Waals surface area contributed by atoms with Gasteiger partial charge in [0.25, 0.3) is 11.8 Å². The second kappa shape index (κ2) is 15.6. The molecule has 2 aromatic heterocycles. The molecule has 3 N–H and O–H groups in total. The monoisotopic (exact) mass is 752 g/mol. The highest BCUT2D eigenvalue weighted by Gasteiger charge is 2.30. The average Bonchev–Trinajstić information content (AvgIpc) is 3.52. The molecule has 0 spiro atoms. The maximum atomic E-state index is 14.4. The predicted octanol–water partition coefficient (Wildman–Crippen LogP) is 8.48. The van der Waals surface area contributed by atoms with E-state index in [0.29, 0.717) is 35.6 Å². The largest absolute Gasteiger partial charge is 0.493 e. The number of hydrogen-bond acceptors (Lipinski definition) is 9. The minimum Gasteiger partial charge on any atom is -0.493 e. The van der Waals surface area contributed by atoms with Gasteiger partial charge in [0, 0.05) is 51.8 Å². The van der Waals surface area contributed by atoms with E-state index in [1.807, 2.05) is 24.4 Å². The molecule has 54 heavy (non-hydrogen) atoms. The van der Waals surface area contributed by atoms with Crippen molar-refractivity contribution in [3.05, 3.63) is 87.6 Å². The maximum Gasteiger partial charge on any atom is 0.407 e. The van der Waals surface area contributed by atoms with Crippen molar-refractivity contribution < 1.29 is 33.4 Å². The van der Waals surface area contributed by atoms with E-state index in [-0.39, 0.29) is 40.9 Å². The number of thiophene rings is 1. The Morgan fingerprint density at radius 2 is 1.72 bits per heavy atom. The standard InChI is InChI=1S/C42H48N4O7S/c1-24-20-25(23-43-40(50)53-41(2,3)4)8-10-32(24)46-37(47)30-21-31-34(52-18-14-26-15-19-54-36(26)31)22-29(30)28-9-11-33(45-35(28)39(49)51-7)38(48)44-27-12-16-42(5,6)17-13-27/h8-11,15,19-22,27H,12-14,16-18,23H2,1-7H3,(H,43,50)(H,44,48)(H,46,47). The lowest BCUT2D eigenvalue weighted by Crippen LogP contribution is -2.39. The highest BCUT2D eigenvalue weighted by atomic mass is 32.1. The first-order valence-electron chi connectivity index (χ1n) is 18.3. The van der Waals surface area contributed by atoms with Crippen LogP contribution in [-0.4, -0.2) is 54.2 Å². The molecule has 0 atom stereocenters. The summed E-state index contributed by atoms with van der Waals surface area (Å²) in [6.45, 7) is 12.4. The number of methoxy groups -OCH3 is 1. The second-order valence-electron chi connectivity index (χ2n) is 15.7. The number of esters is 1.